The minimum Gasteiger partial charge on any atom is -0.353 e. The van der Waals surface area contributed by atoms with E-state index >= 15 is 0 Å². The first-order valence-corrected chi connectivity index (χ1v) is 10.3. The molecule has 3 fully saturated rings. The van der Waals surface area contributed by atoms with Crippen LogP contribution in [0, 0.1) is 0 Å². The van der Waals surface area contributed by atoms with Gasteiger partial charge in [-0.1, -0.05) is 19.3 Å². The second-order valence-electron chi connectivity index (χ2n) is 6.91. The van der Waals surface area contributed by atoms with E-state index < -0.39 is 15.1 Å². The van der Waals surface area contributed by atoms with Crippen LogP contribution in [0.1, 0.15) is 51.4 Å². The van der Waals surface area contributed by atoms with Crippen molar-refractivity contribution in [1.82, 2.24) is 16.0 Å². The van der Waals surface area contributed by atoms with E-state index in [-0.39, 0.29) is 29.8 Å². The second kappa shape index (κ2) is 6.67. The summed E-state index contributed by atoms with van der Waals surface area (Å²) in [6.45, 7) is 0. The van der Waals surface area contributed by atoms with E-state index in [1.54, 1.807) is 0 Å². The minimum atomic E-state index is -3.17. The molecule has 1 aliphatic carbocycles. The molecule has 0 radical (unpaired) electrons. The summed E-state index contributed by atoms with van der Waals surface area (Å²) in [5, 5.41) is 7.89. The van der Waals surface area contributed by atoms with Crippen LogP contribution in [-0.4, -0.2) is 49.5 Å². The number of carbonyl (C=O) groups excluding carboxylic acids is 2. The monoisotopic (exact) mass is 343 g/mol. The van der Waals surface area contributed by atoms with Gasteiger partial charge in [-0.05, 0) is 25.7 Å². The molecule has 0 bridgehead atoms. The van der Waals surface area contributed by atoms with Crippen LogP contribution in [0.25, 0.3) is 0 Å². The predicted molar refractivity (Wildman–Crippen MR) is 85.7 cm³/mol. The van der Waals surface area contributed by atoms with Crippen LogP contribution in [0.2, 0.25) is 0 Å². The highest BCUT2D eigenvalue weighted by molar-refractivity contribution is 7.92. The predicted octanol–water partition coefficient (Wildman–Crippen LogP) is 0.453. The zero-order chi connectivity index (χ0) is 16.4. The van der Waals surface area contributed by atoms with Crippen molar-refractivity contribution in [2.75, 3.05) is 5.75 Å². The van der Waals surface area contributed by atoms with Gasteiger partial charge in [0.2, 0.25) is 5.91 Å². The Morgan fingerprint density at radius 2 is 1.91 bits per heavy atom. The van der Waals surface area contributed by atoms with Crippen LogP contribution >= 0.6 is 0 Å². The van der Waals surface area contributed by atoms with Gasteiger partial charge in [0.05, 0.1) is 23.1 Å². The Labute approximate surface area is 136 Å². The quantitative estimate of drug-likeness (QED) is 0.481. The van der Waals surface area contributed by atoms with Crippen LogP contribution in [0.15, 0.2) is 0 Å². The van der Waals surface area contributed by atoms with E-state index in [4.69, 9.17) is 0 Å². The Bertz CT molecular complexity index is 571. The summed E-state index contributed by atoms with van der Waals surface area (Å²) >= 11 is 0. The number of carbonyl (C=O) groups is 2. The lowest BCUT2D eigenvalue weighted by Gasteiger charge is -2.16. The molecule has 0 aromatic rings. The molecule has 3 aliphatic rings. The number of fused-ring (bicyclic) bond motifs is 1. The first-order chi connectivity index (χ1) is 11.0. The van der Waals surface area contributed by atoms with Gasteiger partial charge in [-0.2, -0.15) is 0 Å². The number of unbranched alkanes of at least 4 members (excludes halogenated alkanes) is 1. The molecule has 1 saturated carbocycles. The second-order valence-corrected chi connectivity index (χ2v) is 9.18. The van der Waals surface area contributed by atoms with Gasteiger partial charge in [0.25, 0.3) is 0 Å². The summed E-state index contributed by atoms with van der Waals surface area (Å²) in [5.74, 6) is 0.0864. The average molecular weight is 343 g/mol. The largest absolute Gasteiger partial charge is 0.353 e. The van der Waals surface area contributed by atoms with Gasteiger partial charge in [-0.25, -0.2) is 13.2 Å². The SMILES string of the molecule is O=C(CCCC[C@@H]1[C@@H]2NC(=O)N[C@@H]2CS1(=O)=O)NC1CCCC1. The van der Waals surface area contributed by atoms with Gasteiger partial charge >= 0.3 is 6.03 Å². The number of nitrogens with one attached hydrogen (secondary N) is 3. The molecule has 3 amide bonds. The first-order valence-electron chi connectivity index (χ1n) is 8.54. The summed E-state index contributed by atoms with van der Waals surface area (Å²) in [6.07, 6.45) is 6.83. The maximum absolute atomic E-state index is 12.2. The number of amides is 3. The fourth-order valence-electron chi connectivity index (χ4n) is 4.01. The normalized spacial score (nSPS) is 32.3. The molecule has 0 aromatic heterocycles. The summed E-state index contributed by atoms with van der Waals surface area (Å²) in [4.78, 5) is 23.2. The van der Waals surface area contributed by atoms with Gasteiger partial charge in [0.15, 0.2) is 9.84 Å². The zero-order valence-corrected chi connectivity index (χ0v) is 14.0. The molecular formula is C15H25N3O4S. The van der Waals surface area contributed by atoms with Crippen LogP contribution in [0.4, 0.5) is 4.79 Å². The maximum Gasteiger partial charge on any atom is 0.315 e. The van der Waals surface area contributed by atoms with Crippen LogP contribution in [0.3, 0.4) is 0 Å². The third-order valence-corrected chi connectivity index (χ3v) is 7.46. The molecule has 2 heterocycles. The van der Waals surface area contributed by atoms with Gasteiger partial charge in [-0.3, -0.25) is 4.79 Å². The van der Waals surface area contributed by atoms with E-state index in [1.807, 2.05) is 0 Å². The van der Waals surface area contributed by atoms with Crippen molar-refractivity contribution in [3.8, 4) is 0 Å². The number of urea groups is 1. The Morgan fingerprint density at radius 3 is 2.65 bits per heavy atom. The number of rotatable bonds is 6. The highest BCUT2D eigenvalue weighted by Crippen LogP contribution is 2.28. The topological polar surface area (TPSA) is 104 Å². The molecule has 23 heavy (non-hydrogen) atoms. The number of sulfone groups is 1. The average Bonchev–Trinajstić information content (AvgIpc) is 3.12. The third kappa shape index (κ3) is 3.79. The lowest BCUT2D eigenvalue weighted by molar-refractivity contribution is -0.121. The van der Waals surface area contributed by atoms with Crippen molar-refractivity contribution in [3.63, 3.8) is 0 Å². The fraction of sp³-hybridized carbons (Fsp3) is 0.867. The highest BCUT2D eigenvalue weighted by Gasteiger charge is 2.51. The van der Waals surface area contributed by atoms with Crippen LogP contribution < -0.4 is 16.0 Å². The van der Waals surface area contributed by atoms with E-state index in [2.05, 4.69) is 16.0 Å². The van der Waals surface area contributed by atoms with Crippen LogP contribution in [0.5, 0.6) is 0 Å². The zero-order valence-electron chi connectivity index (χ0n) is 13.2. The smallest absolute Gasteiger partial charge is 0.315 e. The van der Waals surface area contributed by atoms with E-state index in [9.17, 15) is 18.0 Å². The molecule has 2 aliphatic heterocycles. The summed E-state index contributed by atoms with van der Waals surface area (Å²) < 4.78 is 24.3. The number of hydrogen-bond donors (Lipinski definition) is 3. The lowest BCUT2D eigenvalue weighted by atomic mass is 10.0. The first kappa shape index (κ1) is 16.5. The van der Waals surface area contributed by atoms with Crippen LogP contribution in [-0.2, 0) is 14.6 Å². The Balaban J connectivity index is 1.41. The molecule has 3 N–H and O–H groups in total. The molecule has 0 aromatic carbocycles. The molecule has 8 heteroatoms. The van der Waals surface area contributed by atoms with E-state index in [0.717, 1.165) is 12.8 Å². The fourth-order valence-corrected chi connectivity index (χ4v) is 6.28. The van der Waals surface area contributed by atoms with Gasteiger partial charge in [-0.15, -0.1) is 0 Å². The maximum atomic E-state index is 12.2. The Kier molecular flexibility index (Phi) is 4.79. The van der Waals surface area contributed by atoms with Crippen molar-refractivity contribution in [3.05, 3.63) is 0 Å². The molecular weight excluding hydrogens is 318 g/mol. The Hall–Kier alpha value is -1.31. The molecule has 0 unspecified atom stereocenters. The molecule has 130 valence electrons. The summed E-state index contributed by atoms with van der Waals surface area (Å²) in [6, 6.07) is -0.572. The minimum absolute atomic E-state index is 0.0171. The van der Waals surface area contributed by atoms with Crippen molar-refractivity contribution < 1.29 is 18.0 Å². The van der Waals surface area contributed by atoms with Crippen molar-refractivity contribution >= 4 is 21.8 Å². The Morgan fingerprint density at radius 1 is 1.17 bits per heavy atom. The lowest BCUT2D eigenvalue weighted by Crippen LogP contribution is -2.39. The molecule has 3 atom stereocenters. The summed E-state index contributed by atoms with van der Waals surface area (Å²) in [5.41, 5.74) is 0. The standard InChI is InChI=1S/C15H25N3O4S/c19-13(16-10-5-1-2-6-10)8-4-3-7-12-14-11(9-23(12,21)22)17-15(20)18-14/h10-12,14H,1-9H2,(H,16,19)(H2,17,18,20)/t11-,12-,14-/m1/s1. The van der Waals surface area contributed by atoms with Crippen molar-refractivity contribution in [2.24, 2.45) is 0 Å². The number of hydrogen-bond acceptors (Lipinski definition) is 4. The summed E-state index contributed by atoms with van der Waals surface area (Å²) in [7, 11) is -3.17. The highest BCUT2D eigenvalue weighted by atomic mass is 32.2. The van der Waals surface area contributed by atoms with Gasteiger partial charge in [0, 0.05) is 12.5 Å². The molecule has 2 saturated heterocycles. The van der Waals surface area contributed by atoms with E-state index in [0.29, 0.717) is 31.7 Å². The third-order valence-electron chi connectivity index (χ3n) is 5.18. The molecule has 0 spiro atoms. The molecule has 3 rings (SSSR count). The molecule has 7 nitrogen and oxygen atoms in total. The van der Waals surface area contributed by atoms with Crippen molar-refractivity contribution in [1.29, 1.82) is 0 Å². The van der Waals surface area contributed by atoms with Crippen molar-refractivity contribution in [2.45, 2.75) is 74.7 Å². The van der Waals surface area contributed by atoms with Gasteiger partial charge < -0.3 is 16.0 Å². The van der Waals surface area contributed by atoms with E-state index in [1.165, 1.54) is 12.8 Å². The van der Waals surface area contributed by atoms with Gasteiger partial charge in [0.1, 0.15) is 0 Å².